The van der Waals surface area contributed by atoms with E-state index < -0.39 is 12.0 Å². The average molecular weight is 209 g/mol. The van der Waals surface area contributed by atoms with Crippen molar-refractivity contribution in [3.8, 4) is 5.75 Å². The highest BCUT2D eigenvalue weighted by molar-refractivity contribution is 5.68. The molecule has 0 aromatic heterocycles. The number of carboxylic acid groups (broad SMARTS) is 1. The summed E-state index contributed by atoms with van der Waals surface area (Å²) in [4.78, 5) is 10.5. The van der Waals surface area contributed by atoms with Crippen LogP contribution in [0.1, 0.15) is 23.6 Å². The van der Waals surface area contributed by atoms with E-state index in [0.717, 1.165) is 16.9 Å². The van der Waals surface area contributed by atoms with Crippen LogP contribution in [0.5, 0.6) is 5.75 Å². The predicted molar refractivity (Wildman–Crippen MR) is 56.9 cm³/mol. The molecule has 0 heterocycles. The molecule has 1 aromatic carbocycles. The molecule has 1 unspecified atom stereocenters. The molecule has 82 valence electrons. The van der Waals surface area contributed by atoms with Crippen LogP contribution in [0.2, 0.25) is 0 Å². The van der Waals surface area contributed by atoms with E-state index in [2.05, 4.69) is 0 Å². The molecule has 0 bridgehead atoms. The molecule has 1 aromatic rings. The van der Waals surface area contributed by atoms with Gasteiger partial charge in [0.05, 0.1) is 13.5 Å². The number of hydrogen-bond acceptors (Lipinski definition) is 3. The molecule has 1 atom stereocenters. The van der Waals surface area contributed by atoms with Gasteiger partial charge in [-0.05, 0) is 30.2 Å². The molecule has 0 aliphatic carbocycles. The smallest absolute Gasteiger partial charge is 0.305 e. The maximum absolute atomic E-state index is 10.5. The molecule has 0 fully saturated rings. The molecule has 0 aliphatic heterocycles. The Morgan fingerprint density at radius 1 is 1.60 bits per heavy atom. The Hall–Kier alpha value is -1.55. The Balaban J connectivity index is 2.90. The lowest BCUT2D eigenvalue weighted by Crippen LogP contribution is -2.16. The zero-order valence-electron chi connectivity index (χ0n) is 8.86. The highest BCUT2D eigenvalue weighted by Gasteiger charge is 2.12. The Morgan fingerprint density at radius 2 is 2.27 bits per heavy atom. The van der Waals surface area contributed by atoms with Crippen LogP contribution >= 0.6 is 0 Å². The van der Waals surface area contributed by atoms with Crippen LogP contribution in [0.15, 0.2) is 18.2 Å². The minimum atomic E-state index is -0.891. The van der Waals surface area contributed by atoms with Crippen LogP contribution < -0.4 is 10.5 Å². The van der Waals surface area contributed by atoms with Crippen molar-refractivity contribution >= 4 is 5.97 Å². The first-order chi connectivity index (χ1) is 7.04. The summed E-state index contributed by atoms with van der Waals surface area (Å²) >= 11 is 0. The fraction of sp³-hybridized carbons (Fsp3) is 0.364. The van der Waals surface area contributed by atoms with Gasteiger partial charge in [-0.2, -0.15) is 0 Å². The summed E-state index contributed by atoms with van der Waals surface area (Å²) in [5, 5.41) is 8.63. The topological polar surface area (TPSA) is 72.5 Å². The van der Waals surface area contributed by atoms with Crippen LogP contribution in [-0.2, 0) is 4.79 Å². The molecule has 0 amide bonds. The van der Waals surface area contributed by atoms with Crippen molar-refractivity contribution in [1.29, 1.82) is 0 Å². The third-order valence-corrected chi connectivity index (χ3v) is 2.27. The normalized spacial score (nSPS) is 12.2. The summed E-state index contributed by atoms with van der Waals surface area (Å²) in [5.41, 5.74) is 7.56. The lowest BCUT2D eigenvalue weighted by atomic mass is 9.99. The van der Waals surface area contributed by atoms with Crippen LogP contribution in [-0.4, -0.2) is 18.2 Å². The average Bonchev–Trinajstić information content (AvgIpc) is 2.16. The molecule has 0 spiro atoms. The van der Waals surface area contributed by atoms with Gasteiger partial charge in [0, 0.05) is 6.04 Å². The van der Waals surface area contributed by atoms with E-state index in [0.29, 0.717) is 0 Å². The summed E-state index contributed by atoms with van der Waals surface area (Å²) < 4.78 is 5.05. The van der Waals surface area contributed by atoms with E-state index in [1.807, 2.05) is 19.1 Å². The second-order valence-electron chi connectivity index (χ2n) is 3.43. The van der Waals surface area contributed by atoms with Crippen molar-refractivity contribution < 1.29 is 14.6 Å². The third-order valence-electron chi connectivity index (χ3n) is 2.27. The Labute approximate surface area is 88.7 Å². The highest BCUT2D eigenvalue weighted by Crippen LogP contribution is 2.22. The molecular formula is C11H15NO3. The van der Waals surface area contributed by atoms with E-state index in [9.17, 15) is 4.79 Å². The number of carboxylic acids is 1. The van der Waals surface area contributed by atoms with Gasteiger partial charge in [0.1, 0.15) is 5.75 Å². The standard InChI is InChI=1S/C11H15NO3/c1-7-5-8(15-2)3-4-9(7)10(12)6-11(13)14/h3-5,10H,6,12H2,1-2H3,(H,13,14). The zero-order valence-corrected chi connectivity index (χ0v) is 8.86. The number of nitrogens with two attached hydrogens (primary N) is 1. The summed E-state index contributed by atoms with van der Waals surface area (Å²) in [6, 6.07) is 4.97. The zero-order chi connectivity index (χ0) is 11.4. The van der Waals surface area contributed by atoms with Crippen LogP contribution in [0.4, 0.5) is 0 Å². The van der Waals surface area contributed by atoms with Crippen molar-refractivity contribution in [3.63, 3.8) is 0 Å². The fourth-order valence-electron chi connectivity index (χ4n) is 1.49. The van der Waals surface area contributed by atoms with Gasteiger partial charge in [-0.3, -0.25) is 4.79 Å². The van der Waals surface area contributed by atoms with Crippen LogP contribution in [0.25, 0.3) is 0 Å². The lowest BCUT2D eigenvalue weighted by molar-refractivity contribution is -0.137. The number of benzene rings is 1. The number of hydrogen-bond donors (Lipinski definition) is 2. The summed E-state index contributed by atoms with van der Waals surface area (Å²) in [6.45, 7) is 1.89. The fourth-order valence-corrected chi connectivity index (χ4v) is 1.49. The van der Waals surface area contributed by atoms with E-state index in [4.69, 9.17) is 15.6 Å². The van der Waals surface area contributed by atoms with Gasteiger partial charge in [-0.25, -0.2) is 0 Å². The van der Waals surface area contributed by atoms with Crippen molar-refractivity contribution in [2.75, 3.05) is 7.11 Å². The second kappa shape index (κ2) is 4.79. The van der Waals surface area contributed by atoms with Crippen molar-refractivity contribution in [1.82, 2.24) is 0 Å². The van der Waals surface area contributed by atoms with Crippen molar-refractivity contribution in [2.24, 2.45) is 5.73 Å². The Bertz CT molecular complexity index is 363. The molecule has 1 rings (SSSR count). The number of methoxy groups -OCH3 is 1. The number of ether oxygens (including phenoxy) is 1. The van der Waals surface area contributed by atoms with Gasteiger partial charge in [-0.1, -0.05) is 6.07 Å². The number of aryl methyl sites for hydroxylation is 1. The lowest BCUT2D eigenvalue weighted by Gasteiger charge is -2.13. The number of carbonyl (C=O) groups is 1. The van der Waals surface area contributed by atoms with Crippen molar-refractivity contribution in [3.05, 3.63) is 29.3 Å². The second-order valence-corrected chi connectivity index (χ2v) is 3.43. The molecule has 0 radical (unpaired) electrons. The van der Waals surface area contributed by atoms with Gasteiger partial charge in [-0.15, -0.1) is 0 Å². The maximum Gasteiger partial charge on any atom is 0.305 e. The van der Waals surface area contributed by atoms with E-state index in [1.165, 1.54) is 0 Å². The molecule has 0 aliphatic rings. The minimum absolute atomic E-state index is 0.0623. The first-order valence-electron chi connectivity index (χ1n) is 4.66. The van der Waals surface area contributed by atoms with Crippen LogP contribution in [0.3, 0.4) is 0 Å². The summed E-state index contributed by atoms with van der Waals surface area (Å²) in [6.07, 6.45) is -0.0623. The molecule has 0 saturated carbocycles. The minimum Gasteiger partial charge on any atom is -0.497 e. The number of aliphatic carboxylic acids is 1. The van der Waals surface area contributed by atoms with Gasteiger partial charge in [0.2, 0.25) is 0 Å². The third kappa shape index (κ3) is 2.95. The van der Waals surface area contributed by atoms with E-state index in [-0.39, 0.29) is 6.42 Å². The van der Waals surface area contributed by atoms with Gasteiger partial charge in [0.25, 0.3) is 0 Å². The molecule has 3 N–H and O–H groups in total. The molecule has 4 nitrogen and oxygen atoms in total. The van der Waals surface area contributed by atoms with E-state index >= 15 is 0 Å². The predicted octanol–water partition coefficient (Wildman–Crippen LogP) is 1.48. The van der Waals surface area contributed by atoms with E-state index in [1.54, 1.807) is 13.2 Å². The summed E-state index contributed by atoms with van der Waals surface area (Å²) in [7, 11) is 1.59. The molecule has 4 heteroatoms. The quantitative estimate of drug-likeness (QED) is 0.787. The molecule has 0 saturated heterocycles. The number of rotatable bonds is 4. The largest absolute Gasteiger partial charge is 0.497 e. The van der Waals surface area contributed by atoms with Crippen molar-refractivity contribution in [2.45, 2.75) is 19.4 Å². The van der Waals surface area contributed by atoms with Crippen LogP contribution in [0, 0.1) is 6.92 Å². The first kappa shape index (κ1) is 11.5. The van der Waals surface area contributed by atoms with Gasteiger partial charge < -0.3 is 15.6 Å². The highest BCUT2D eigenvalue weighted by atomic mass is 16.5. The first-order valence-corrected chi connectivity index (χ1v) is 4.66. The molecular weight excluding hydrogens is 194 g/mol. The summed E-state index contributed by atoms with van der Waals surface area (Å²) in [5.74, 6) is -0.142. The molecule has 15 heavy (non-hydrogen) atoms. The van der Waals surface area contributed by atoms with Gasteiger partial charge >= 0.3 is 5.97 Å². The monoisotopic (exact) mass is 209 g/mol. The Morgan fingerprint density at radius 3 is 2.73 bits per heavy atom. The maximum atomic E-state index is 10.5. The Kier molecular flexibility index (Phi) is 3.68. The van der Waals surface area contributed by atoms with Gasteiger partial charge in [0.15, 0.2) is 0 Å². The SMILES string of the molecule is COc1ccc(C(N)CC(=O)O)c(C)c1.